The van der Waals surface area contributed by atoms with E-state index in [1.54, 1.807) is 11.3 Å². The molecule has 0 saturated heterocycles. The van der Waals surface area contributed by atoms with Gasteiger partial charge in [-0.25, -0.2) is 9.97 Å². The van der Waals surface area contributed by atoms with Gasteiger partial charge in [0.2, 0.25) is 0 Å². The van der Waals surface area contributed by atoms with Gasteiger partial charge in [-0.2, -0.15) is 5.10 Å². The van der Waals surface area contributed by atoms with E-state index in [0.717, 1.165) is 41.5 Å². The first-order valence-corrected chi connectivity index (χ1v) is 7.60. The summed E-state index contributed by atoms with van der Waals surface area (Å²) in [4.78, 5) is 12.5. The Morgan fingerprint density at radius 3 is 3.00 bits per heavy atom. The summed E-state index contributed by atoms with van der Waals surface area (Å²) < 4.78 is 1.95. The minimum atomic E-state index is 0.826. The number of likely N-dealkylation sites (N-methyl/N-ethyl adjacent to an activating group) is 1. The van der Waals surface area contributed by atoms with E-state index in [2.05, 4.69) is 38.3 Å². The number of aryl methyl sites for hydroxylation is 1. The summed E-state index contributed by atoms with van der Waals surface area (Å²) in [5, 5.41) is 7.46. The van der Waals surface area contributed by atoms with Crippen LogP contribution in [0.25, 0.3) is 10.2 Å². The van der Waals surface area contributed by atoms with Crippen LogP contribution in [0.2, 0.25) is 0 Å². The van der Waals surface area contributed by atoms with Crippen LogP contribution < -0.4 is 4.90 Å². The summed E-state index contributed by atoms with van der Waals surface area (Å²) >= 11 is 1.66. The maximum atomic E-state index is 4.64. The van der Waals surface area contributed by atoms with E-state index in [1.165, 1.54) is 0 Å². The van der Waals surface area contributed by atoms with Crippen molar-refractivity contribution in [3.8, 4) is 0 Å². The van der Waals surface area contributed by atoms with Crippen molar-refractivity contribution in [2.24, 2.45) is 0 Å². The zero-order valence-electron chi connectivity index (χ0n) is 11.7. The zero-order chi connectivity index (χ0) is 13.9. The SMILES string of the molecule is CCN(CCn1cccn1)c1nc(C)nc2sccc12. The van der Waals surface area contributed by atoms with Crippen LogP contribution in [0.1, 0.15) is 12.7 Å². The quantitative estimate of drug-likeness (QED) is 0.724. The molecule has 3 aromatic heterocycles. The number of aromatic nitrogens is 4. The monoisotopic (exact) mass is 287 g/mol. The second kappa shape index (κ2) is 5.58. The lowest BCUT2D eigenvalue weighted by atomic mass is 10.3. The summed E-state index contributed by atoms with van der Waals surface area (Å²) in [5.41, 5.74) is 0. The third-order valence-corrected chi connectivity index (χ3v) is 4.06. The van der Waals surface area contributed by atoms with Crippen LogP contribution in [0, 0.1) is 6.92 Å². The molecule has 0 aliphatic heterocycles. The molecular weight excluding hydrogens is 270 g/mol. The Balaban J connectivity index is 1.88. The summed E-state index contributed by atoms with van der Waals surface area (Å²) in [5.74, 6) is 1.86. The summed E-state index contributed by atoms with van der Waals surface area (Å²) in [6, 6.07) is 4.05. The fraction of sp³-hybridized carbons (Fsp3) is 0.357. The van der Waals surface area contributed by atoms with Crippen molar-refractivity contribution in [1.82, 2.24) is 19.7 Å². The summed E-state index contributed by atoms with van der Waals surface area (Å²) in [6.45, 7) is 6.76. The maximum absolute atomic E-state index is 4.64. The van der Waals surface area contributed by atoms with Gasteiger partial charge < -0.3 is 4.90 Å². The third kappa shape index (κ3) is 2.51. The molecule has 0 N–H and O–H groups in total. The largest absolute Gasteiger partial charge is 0.354 e. The van der Waals surface area contributed by atoms with Gasteiger partial charge in [0.25, 0.3) is 0 Å². The van der Waals surface area contributed by atoms with E-state index >= 15 is 0 Å². The minimum absolute atomic E-state index is 0.826. The maximum Gasteiger partial charge on any atom is 0.141 e. The van der Waals surface area contributed by atoms with Crippen molar-refractivity contribution in [1.29, 1.82) is 0 Å². The molecule has 3 rings (SSSR count). The van der Waals surface area contributed by atoms with E-state index < -0.39 is 0 Å². The second-order valence-corrected chi connectivity index (χ2v) is 5.48. The predicted molar refractivity (Wildman–Crippen MR) is 82.3 cm³/mol. The van der Waals surface area contributed by atoms with Crippen molar-refractivity contribution in [3.63, 3.8) is 0 Å². The highest BCUT2D eigenvalue weighted by Gasteiger charge is 2.13. The molecule has 3 heterocycles. The van der Waals surface area contributed by atoms with E-state index in [1.807, 2.05) is 30.1 Å². The Labute approximate surface area is 121 Å². The van der Waals surface area contributed by atoms with Gasteiger partial charge >= 0.3 is 0 Å². The van der Waals surface area contributed by atoms with Crippen LogP contribution in [0.5, 0.6) is 0 Å². The van der Waals surface area contributed by atoms with Gasteiger partial charge in [0.05, 0.1) is 11.9 Å². The molecule has 5 nitrogen and oxygen atoms in total. The highest BCUT2D eigenvalue weighted by molar-refractivity contribution is 7.16. The third-order valence-electron chi connectivity index (χ3n) is 3.26. The van der Waals surface area contributed by atoms with Gasteiger partial charge in [-0.05, 0) is 31.4 Å². The molecule has 0 aliphatic rings. The molecule has 0 unspecified atom stereocenters. The first kappa shape index (κ1) is 13.1. The lowest BCUT2D eigenvalue weighted by molar-refractivity contribution is 0.598. The Morgan fingerprint density at radius 1 is 1.35 bits per heavy atom. The standard InChI is InChI=1S/C14H17N5S/c1-3-18(8-9-19-7-4-6-15-19)13-12-5-10-20-14(12)17-11(2)16-13/h4-7,10H,3,8-9H2,1-2H3. The molecule has 3 aromatic rings. The van der Waals surface area contributed by atoms with Gasteiger partial charge in [0.1, 0.15) is 16.5 Å². The van der Waals surface area contributed by atoms with Crippen LogP contribution in [0.4, 0.5) is 5.82 Å². The van der Waals surface area contributed by atoms with Crippen molar-refractivity contribution in [2.75, 3.05) is 18.0 Å². The highest BCUT2D eigenvalue weighted by Crippen LogP contribution is 2.27. The normalized spacial score (nSPS) is 11.1. The summed E-state index contributed by atoms with van der Waals surface area (Å²) in [7, 11) is 0. The molecule has 6 heteroatoms. The fourth-order valence-electron chi connectivity index (χ4n) is 2.25. The lowest BCUT2D eigenvalue weighted by Crippen LogP contribution is -2.28. The average Bonchev–Trinajstić information content (AvgIpc) is 3.09. The second-order valence-electron chi connectivity index (χ2n) is 4.58. The number of hydrogen-bond acceptors (Lipinski definition) is 5. The zero-order valence-corrected chi connectivity index (χ0v) is 12.5. The van der Waals surface area contributed by atoms with Gasteiger partial charge in [-0.15, -0.1) is 11.3 Å². The highest BCUT2D eigenvalue weighted by atomic mass is 32.1. The molecule has 104 valence electrons. The molecule has 0 fully saturated rings. The molecular formula is C14H17N5S. The van der Waals surface area contributed by atoms with E-state index in [-0.39, 0.29) is 0 Å². The van der Waals surface area contributed by atoms with E-state index in [4.69, 9.17) is 0 Å². The van der Waals surface area contributed by atoms with Crippen molar-refractivity contribution < 1.29 is 0 Å². The Morgan fingerprint density at radius 2 is 2.25 bits per heavy atom. The number of hydrogen-bond donors (Lipinski definition) is 0. The van der Waals surface area contributed by atoms with Crippen LogP contribution >= 0.6 is 11.3 Å². The Kier molecular flexibility index (Phi) is 3.64. The molecule has 0 atom stereocenters. The lowest BCUT2D eigenvalue weighted by Gasteiger charge is -2.22. The van der Waals surface area contributed by atoms with E-state index in [0.29, 0.717) is 0 Å². The first-order valence-electron chi connectivity index (χ1n) is 6.72. The summed E-state index contributed by atoms with van der Waals surface area (Å²) in [6.07, 6.45) is 3.79. The van der Waals surface area contributed by atoms with Crippen LogP contribution in [-0.2, 0) is 6.54 Å². The van der Waals surface area contributed by atoms with Gasteiger partial charge in [-0.3, -0.25) is 4.68 Å². The Hall–Kier alpha value is -1.95. The molecule has 0 aromatic carbocycles. The number of thiophene rings is 1. The van der Waals surface area contributed by atoms with Crippen molar-refractivity contribution in [2.45, 2.75) is 20.4 Å². The van der Waals surface area contributed by atoms with Gasteiger partial charge in [0.15, 0.2) is 0 Å². The van der Waals surface area contributed by atoms with Crippen LogP contribution in [0.15, 0.2) is 29.9 Å². The number of anilines is 1. The predicted octanol–water partition coefficient (Wildman–Crippen LogP) is 2.72. The molecule has 0 amide bonds. The topological polar surface area (TPSA) is 46.8 Å². The Bertz CT molecular complexity index is 689. The molecule has 0 radical (unpaired) electrons. The molecule has 0 spiro atoms. The van der Waals surface area contributed by atoms with E-state index in [9.17, 15) is 0 Å². The average molecular weight is 287 g/mol. The molecule has 0 bridgehead atoms. The first-order chi connectivity index (χ1) is 9.78. The van der Waals surface area contributed by atoms with Gasteiger partial charge in [0, 0.05) is 25.5 Å². The molecule has 0 saturated carbocycles. The van der Waals surface area contributed by atoms with Gasteiger partial charge in [-0.1, -0.05) is 0 Å². The van der Waals surface area contributed by atoms with Crippen molar-refractivity contribution >= 4 is 27.4 Å². The number of nitrogens with zero attached hydrogens (tertiary/aromatic N) is 5. The smallest absolute Gasteiger partial charge is 0.141 e. The van der Waals surface area contributed by atoms with Crippen molar-refractivity contribution in [3.05, 3.63) is 35.7 Å². The number of fused-ring (bicyclic) bond motifs is 1. The van der Waals surface area contributed by atoms with Crippen LogP contribution in [-0.4, -0.2) is 32.8 Å². The minimum Gasteiger partial charge on any atom is -0.354 e. The number of rotatable bonds is 5. The molecule has 0 aliphatic carbocycles. The fourth-order valence-corrected chi connectivity index (χ4v) is 3.06. The molecule has 20 heavy (non-hydrogen) atoms. The van der Waals surface area contributed by atoms with Crippen LogP contribution in [0.3, 0.4) is 0 Å².